The van der Waals surface area contributed by atoms with Crippen LogP contribution in [0.4, 0.5) is 13.2 Å². The van der Waals surface area contributed by atoms with Crippen molar-refractivity contribution < 1.29 is 18.0 Å². The number of halogens is 3. The van der Waals surface area contributed by atoms with Gasteiger partial charge in [0.2, 0.25) is 5.91 Å². The zero-order valence-corrected chi connectivity index (χ0v) is 19.3. The number of carbonyl (C=O) groups is 1. The van der Waals surface area contributed by atoms with E-state index >= 15 is 0 Å². The number of nitrogens with one attached hydrogen (secondary N) is 1. The molecule has 10 nitrogen and oxygen atoms in total. The lowest BCUT2D eigenvalue weighted by atomic mass is 10.1. The summed E-state index contributed by atoms with van der Waals surface area (Å²) >= 11 is 0. The molecule has 0 atom stereocenters. The number of nitrogens with zero attached hydrogens (tertiary/aromatic N) is 6. The van der Waals surface area contributed by atoms with Crippen LogP contribution in [0.25, 0.3) is 16.9 Å². The van der Waals surface area contributed by atoms with Gasteiger partial charge < -0.3 is 9.88 Å². The van der Waals surface area contributed by atoms with Gasteiger partial charge in [0.25, 0.3) is 5.56 Å². The fraction of sp³-hybridized carbons (Fsp3) is 0.318. The first kappa shape index (κ1) is 24.0. The number of imidazole rings is 1. The van der Waals surface area contributed by atoms with Gasteiger partial charge in [-0.1, -0.05) is 6.07 Å². The van der Waals surface area contributed by atoms with Crippen molar-refractivity contribution in [3.8, 4) is 5.69 Å². The molecule has 184 valence electrons. The molecular formula is C22H22F3N7O3. The fourth-order valence-corrected chi connectivity index (χ4v) is 3.93. The number of alkyl halides is 3. The monoisotopic (exact) mass is 489 g/mol. The van der Waals surface area contributed by atoms with Gasteiger partial charge in [0.1, 0.15) is 6.54 Å². The molecule has 4 rings (SSSR count). The van der Waals surface area contributed by atoms with Crippen LogP contribution in [0.15, 0.2) is 40.2 Å². The van der Waals surface area contributed by atoms with Crippen LogP contribution in [0.1, 0.15) is 22.5 Å². The van der Waals surface area contributed by atoms with Crippen LogP contribution < -0.4 is 16.6 Å². The first-order valence-electron chi connectivity index (χ1n) is 10.5. The fourth-order valence-electron chi connectivity index (χ4n) is 3.93. The number of rotatable bonds is 5. The van der Waals surface area contributed by atoms with E-state index in [0.717, 1.165) is 15.2 Å². The third-order valence-electron chi connectivity index (χ3n) is 5.63. The molecule has 0 saturated heterocycles. The van der Waals surface area contributed by atoms with Gasteiger partial charge in [-0.2, -0.15) is 18.3 Å². The summed E-state index contributed by atoms with van der Waals surface area (Å²) in [4.78, 5) is 41.8. The Bertz CT molecular complexity index is 1570. The molecule has 0 unspecified atom stereocenters. The molecule has 1 amide bonds. The maximum Gasteiger partial charge on any atom is 0.416 e. The summed E-state index contributed by atoms with van der Waals surface area (Å²) in [5, 5.41) is 6.58. The molecule has 1 N–H and O–H groups in total. The van der Waals surface area contributed by atoms with Gasteiger partial charge in [0, 0.05) is 26.3 Å². The molecule has 13 heteroatoms. The molecule has 0 aliphatic heterocycles. The SMILES string of the molecule is Cc1cc(C)n(-c2ccc(CNC(=O)Cn3c(=O)c4c(ncn4C)n(C)c3=O)c(C(F)(F)F)c2)n1. The predicted molar refractivity (Wildman–Crippen MR) is 120 cm³/mol. The van der Waals surface area contributed by atoms with Crippen LogP contribution >= 0.6 is 0 Å². The van der Waals surface area contributed by atoms with Gasteiger partial charge in [-0.05, 0) is 37.6 Å². The lowest BCUT2D eigenvalue weighted by Gasteiger charge is -2.16. The zero-order chi connectivity index (χ0) is 25.7. The molecule has 35 heavy (non-hydrogen) atoms. The topological polar surface area (TPSA) is 109 Å². The molecule has 0 saturated carbocycles. The highest BCUT2D eigenvalue weighted by Gasteiger charge is 2.34. The Hall–Kier alpha value is -4.16. The first-order chi connectivity index (χ1) is 16.4. The van der Waals surface area contributed by atoms with Crippen molar-refractivity contribution >= 4 is 17.1 Å². The van der Waals surface area contributed by atoms with Crippen molar-refractivity contribution in [2.75, 3.05) is 0 Å². The molecule has 0 fully saturated rings. The molecule has 0 aliphatic rings. The van der Waals surface area contributed by atoms with Gasteiger partial charge in [0.05, 0.1) is 23.3 Å². The van der Waals surface area contributed by atoms with Gasteiger partial charge in [-0.15, -0.1) is 0 Å². The second-order valence-corrected chi connectivity index (χ2v) is 8.22. The summed E-state index contributed by atoms with van der Waals surface area (Å²) in [5.41, 5.74) is -0.712. The van der Waals surface area contributed by atoms with Crippen LogP contribution in [0.2, 0.25) is 0 Å². The van der Waals surface area contributed by atoms with Crippen molar-refractivity contribution in [1.82, 2.24) is 33.8 Å². The van der Waals surface area contributed by atoms with E-state index < -0.39 is 42.0 Å². The van der Waals surface area contributed by atoms with E-state index in [-0.39, 0.29) is 22.4 Å². The summed E-state index contributed by atoms with van der Waals surface area (Å²) in [5.74, 6) is -0.790. The number of carbonyl (C=O) groups excluding carboxylic acids is 1. The average molecular weight is 489 g/mol. The van der Waals surface area contributed by atoms with Gasteiger partial charge in [-0.25, -0.2) is 19.0 Å². The highest BCUT2D eigenvalue weighted by atomic mass is 19.4. The Balaban J connectivity index is 1.60. The highest BCUT2D eigenvalue weighted by Crippen LogP contribution is 2.33. The van der Waals surface area contributed by atoms with E-state index in [9.17, 15) is 27.6 Å². The van der Waals surface area contributed by atoms with E-state index in [1.54, 1.807) is 27.0 Å². The molecule has 0 bridgehead atoms. The summed E-state index contributed by atoms with van der Waals surface area (Å²) in [7, 11) is 2.98. The van der Waals surface area contributed by atoms with Crippen molar-refractivity contribution in [3.05, 3.63) is 73.9 Å². The second-order valence-electron chi connectivity index (χ2n) is 8.22. The number of hydrogen-bond donors (Lipinski definition) is 1. The lowest BCUT2D eigenvalue weighted by Crippen LogP contribution is -2.43. The molecule has 0 spiro atoms. The maximum atomic E-state index is 13.8. The van der Waals surface area contributed by atoms with Crippen molar-refractivity contribution in [3.63, 3.8) is 0 Å². The minimum atomic E-state index is -4.68. The molecule has 3 aromatic heterocycles. The van der Waals surface area contributed by atoms with E-state index in [1.807, 2.05) is 0 Å². The smallest absolute Gasteiger partial charge is 0.350 e. The largest absolute Gasteiger partial charge is 0.416 e. The number of benzene rings is 1. The lowest BCUT2D eigenvalue weighted by molar-refractivity contribution is -0.138. The molecular weight excluding hydrogens is 467 g/mol. The van der Waals surface area contributed by atoms with Gasteiger partial charge in [-0.3, -0.25) is 14.2 Å². The van der Waals surface area contributed by atoms with Gasteiger partial charge >= 0.3 is 11.9 Å². The number of hydrogen-bond acceptors (Lipinski definition) is 5. The first-order valence-corrected chi connectivity index (χ1v) is 10.5. The minimum Gasteiger partial charge on any atom is -0.350 e. The maximum absolute atomic E-state index is 13.8. The third kappa shape index (κ3) is 4.36. The summed E-state index contributed by atoms with van der Waals surface area (Å²) < 4.78 is 46.0. The Morgan fingerprint density at radius 1 is 1.11 bits per heavy atom. The van der Waals surface area contributed by atoms with Gasteiger partial charge in [0.15, 0.2) is 11.2 Å². The summed E-state index contributed by atoms with van der Waals surface area (Å²) in [6.45, 7) is 2.37. The number of amides is 1. The van der Waals surface area contributed by atoms with E-state index in [4.69, 9.17) is 0 Å². The number of fused-ring (bicyclic) bond motifs is 1. The van der Waals surface area contributed by atoms with Crippen molar-refractivity contribution in [1.29, 1.82) is 0 Å². The van der Waals surface area contributed by atoms with Crippen LogP contribution in [0.5, 0.6) is 0 Å². The summed E-state index contributed by atoms with van der Waals surface area (Å²) in [6, 6.07) is 5.46. The molecule has 4 aromatic rings. The predicted octanol–water partition coefficient (Wildman–Crippen LogP) is 1.57. The Labute approximate surface area is 196 Å². The van der Waals surface area contributed by atoms with E-state index in [2.05, 4.69) is 15.4 Å². The summed E-state index contributed by atoms with van der Waals surface area (Å²) in [6.07, 6.45) is -3.31. The third-order valence-corrected chi connectivity index (χ3v) is 5.63. The molecule has 0 aliphatic carbocycles. The van der Waals surface area contributed by atoms with Crippen LogP contribution in [0, 0.1) is 13.8 Å². The Kier molecular flexibility index (Phi) is 5.87. The Morgan fingerprint density at radius 2 is 1.83 bits per heavy atom. The van der Waals surface area contributed by atoms with E-state index in [0.29, 0.717) is 11.4 Å². The van der Waals surface area contributed by atoms with Crippen molar-refractivity contribution in [2.45, 2.75) is 33.1 Å². The Morgan fingerprint density at radius 3 is 2.46 bits per heavy atom. The van der Waals surface area contributed by atoms with Crippen LogP contribution in [0.3, 0.4) is 0 Å². The normalized spacial score (nSPS) is 11.9. The zero-order valence-electron chi connectivity index (χ0n) is 19.3. The molecule has 1 aromatic carbocycles. The van der Waals surface area contributed by atoms with Crippen LogP contribution in [-0.4, -0.2) is 34.4 Å². The number of aromatic nitrogens is 6. The van der Waals surface area contributed by atoms with E-state index in [1.165, 1.54) is 34.8 Å². The quantitative estimate of drug-likeness (QED) is 0.458. The van der Waals surface area contributed by atoms with Crippen molar-refractivity contribution in [2.24, 2.45) is 14.1 Å². The molecule has 0 radical (unpaired) electrons. The standard InChI is InChI=1S/C22H22F3N7O3/c1-12-7-13(2)32(28-12)15-6-5-14(16(8-15)22(23,24)25)9-26-17(33)10-31-20(34)18-19(27-11-29(18)3)30(4)21(31)35/h5-8,11H,9-10H2,1-4H3,(H,26,33). The number of aryl methyl sites for hydroxylation is 4. The van der Waals surface area contributed by atoms with Crippen LogP contribution in [-0.2, 0) is 38.2 Å². The highest BCUT2D eigenvalue weighted by molar-refractivity contribution is 5.76. The minimum absolute atomic E-state index is 0.124. The second kappa shape index (κ2) is 8.56. The molecule has 3 heterocycles. The average Bonchev–Trinajstić information content (AvgIpc) is 3.34.